The van der Waals surface area contributed by atoms with Crippen LogP contribution in [-0.2, 0) is 0 Å². The third kappa shape index (κ3) is 2.20. The lowest BCUT2D eigenvalue weighted by Gasteiger charge is -2.26. The molecule has 2 aliphatic rings. The number of aromatic nitrogens is 2. The van der Waals surface area contributed by atoms with Crippen LogP contribution in [-0.4, -0.2) is 16.1 Å². The van der Waals surface area contributed by atoms with Crippen molar-refractivity contribution in [1.82, 2.24) is 9.55 Å². The topological polar surface area (TPSA) is 43.8 Å². The van der Waals surface area contributed by atoms with Crippen molar-refractivity contribution in [3.63, 3.8) is 0 Å². The minimum atomic E-state index is 0.451. The van der Waals surface area contributed by atoms with Gasteiger partial charge >= 0.3 is 0 Å². The maximum absolute atomic E-state index is 5.98. The Hall–Kier alpha value is -0.830. The first-order valence-corrected chi connectivity index (χ1v) is 7.44. The van der Waals surface area contributed by atoms with Crippen LogP contribution in [0.2, 0.25) is 0 Å². The number of nitrogens with two attached hydrogens (primary N) is 1. The van der Waals surface area contributed by atoms with E-state index in [2.05, 4.69) is 35.9 Å². The number of nitrogens with zero attached hydrogens (tertiary/aromatic N) is 2. The van der Waals surface area contributed by atoms with Gasteiger partial charge in [0, 0.05) is 30.4 Å². The summed E-state index contributed by atoms with van der Waals surface area (Å²) in [7, 11) is 0. The van der Waals surface area contributed by atoms with E-state index in [9.17, 15) is 0 Å². The highest BCUT2D eigenvalue weighted by molar-refractivity contribution is 5.12. The van der Waals surface area contributed by atoms with Crippen LogP contribution in [0.3, 0.4) is 0 Å². The Morgan fingerprint density at radius 1 is 1.28 bits per heavy atom. The highest BCUT2D eigenvalue weighted by Gasteiger charge is 2.43. The maximum Gasteiger partial charge on any atom is 0.0951 e. The Labute approximate surface area is 110 Å². The summed E-state index contributed by atoms with van der Waals surface area (Å²) in [6.07, 6.45) is 9.75. The van der Waals surface area contributed by atoms with E-state index in [1.165, 1.54) is 31.4 Å². The van der Waals surface area contributed by atoms with Crippen LogP contribution in [0, 0.1) is 17.8 Å². The first-order valence-electron chi connectivity index (χ1n) is 7.44. The van der Waals surface area contributed by atoms with Gasteiger partial charge in [0.15, 0.2) is 0 Å². The van der Waals surface area contributed by atoms with Crippen LogP contribution in [0.1, 0.15) is 57.2 Å². The second-order valence-electron chi connectivity index (χ2n) is 6.48. The van der Waals surface area contributed by atoms with Gasteiger partial charge in [0.25, 0.3) is 0 Å². The average molecular weight is 247 g/mol. The van der Waals surface area contributed by atoms with Gasteiger partial charge in [-0.05, 0) is 43.4 Å². The molecule has 2 fully saturated rings. The molecule has 2 N–H and O–H groups in total. The second kappa shape index (κ2) is 4.69. The largest absolute Gasteiger partial charge is 0.331 e. The zero-order chi connectivity index (χ0) is 12.7. The van der Waals surface area contributed by atoms with Crippen molar-refractivity contribution in [2.45, 2.75) is 51.5 Å². The summed E-state index contributed by atoms with van der Waals surface area (Å²) in [6, 6.07) is 0.718. The van der Waals surface area contributed by atoms with E-state index >= 15 is 0 Å². The molecule has 0 aliphatic heterocycles. The van der Waals surface area contributed by atoms with Crippen molar-refractivity contribution >= 4 is 0 Å². The Kier molecular flexibility index (Phi) is 3.18. The second-order valence-corrected chi connectivity index (χ2v) is 6.48. The third-order valence-corrected chi connectivity index (χ3v) is 4.67. The van der Waals surface area contributed by atoms with Crippen LogP contribution in [0.15, 0.2) is 12.5 Å². The molecule has 2 saturated carbocycles. The summed E-state index contributed by atoms with van der Waals surface area (Å²) in [4.78, 5) is 4.42. The monoisotopic (exact) mass is 247 g/mol. The minimum absolute atomic E-state index is 0.451. The van der Waals surface area contributed by atoms with Crippen molar-refractivity contribution in [3.8, 4) is 0 Å². The van der Waals surface area contributed by atoms with Crippen molar-refractivity contribution in [3.05, 3.63) is 18.2 Å². The molecule has 100 valence electrons. The van der Waals surface area contributed by atoms with E-state index in [0.29, 0.717) is 11.8 Å². The van der Waals surface area contributed by atoms with Gasteiger partial charge in [-0.15, -0.1) is 0 Å². The lowest BCUT2D eigenvalue weighted by atomic mass is 9.92. The normalized spacial score (nSPS) is 21.8. The average Bonchev–Trinajstić information content (AvgIpc) is 3.22. The highest BCUT2D eigenvalue weighted by atomic mass is 15.1. The Balaban J connectivity index is 1.89. The molecular weight excluding hydrogens is 222 g/mol. The zero-order valence-electron chi connectivity index (χ0n) is 11.5. The van der Waals surface area contributed by atoms with E-state index in [4.69, 9.17) is 5.73 Å². The lowest BCUT2D eigenvalue weighted by Crippen LogP contribution is -2.24. The van der Waals surface area contributed by atoms with E-state index in [1.54, 1.807) is 0 Å². The predicted molar refractivity (Wildman–Crippen MR) is 73.3 cm³/mol. The molecule has 3 rings (SSSR count). The van der Waals surface area contributed by atoms with Gasteiger partial charge in [0.1, 0.15) is 0 Å². The summed E-state index contributed by atoms with van der Waals surface area (Å²) in [5.41, 5.74) is 7.35. The fraction of sp³-hybridized carbons (Fsp3) is 0.800. The summed E-state index contributed by atoms with van der Waals surface area (Å²) < 4.78 is 2.48. The third-order valence-electron chi connectivity index (χ3n) is 4.67. The van der Waals surface area contributed by atoms with Crippen molar-refractivity contribution in [2.75, 3.05) is 6.54 Å². The molecule has 0 radical (unpaired) electrons. The van der Waals surface area contributed by atoms with Crippen LogP contribution < -0.4 is 5.73 Å². The minimum Gasteiger partial charge on any atom is -0.331 e. The van der Waals surface area contributed by atoms with E-state index in [-0.39, 0.29) is 0 Å². The molecule has 1 heterocycles. The van der Waals surface area contributed by atoms with Crippen molar-refractivity contribution < 1.29 is 0 Å². The van der Waals surface area contributed by atoms with Gasteiger partial charge < -0.3 is 10.3 Å². The molecule has 1 aromatic heterocycles. The Bertz CT molecular complexity index is 390. The van der Waals surface area contributed by atoms with Gasteiger partial charge in [0.2, 0.25) is 0 Å². The molecule has 0 aromatic carbocycles. The Morgan fingerprint density at radius 3 is 2.33 bits per heavy atom. The number of rotatable bonds is 6. The molecule has 18 heavy (non-hydrogen) atoms. The molecule has 0 saturated heterocycles. The zero-order valence-corrected chi connectivity index (χ0v) is 11.5. The van der Waals surface area contributed by atoms with Crippen LogP contribution in [0.5, 0.6) is 0 Å². The maximum atomic E-state index is 5.98. The van der Waals surface area contributed by atoms with E-state index in [0.717, 1.165) is 24.4 Å². The molecule has 3 heteroatoms. The van der Waals surface area contributed by atoms with E-state index in [1.807, 2.05) is 0 Å². The lowest BCUT2D eigenvalue weighted by molar-refractivity contribution is 0.363. The van der Waals surface area contributed by atoms with E-state index < -0.39 is 0 Å². The highest BCUT2D eigenvalue weighted by Crippen LogP contribution is 2.52. The molecular formula is C15H25N3. The molecule has 0 amide bonds. The fourth-order valence-electron chi connectivity index (χ4n) is 3.30. The standard InChI is InChI=1S/C15H25N3/c1-10(2)13(7-16)14-8-17-9-18(14)15(11-3-4-11)12-5-6-12/h8-13,15H,3-7,16H2,1-2H3. The van der Waals surface area contributed by atoms with Crippen LogP contribution in [0.25, 0.3) is 0 Å². The van der Waals surface area contributed by atoms with Crippen LogP contribution >= 0.6 is 0 Å². The quantitative estimate of drug-likeness (QED) is 0.840. The summed E-state index contributed by atoms with van der Waals surface area (Å²) in [5.74, 6) is 2.86. The summed E-state index contributed by atoms with van der Waals surface area (Å²) in [6.45, 7) is 5.25. The van der Waals surface area contributed by atoms with Crippen LogP contribution in [0.4, 0.5) is 0 Å². The smallest absolute Gasteiger partial charge is 0.0951 e. The Morgan fingerprint density at radius 2 is 1.89 bits per heavy atom. The molecule has 1 unspecified atom stereocenters. The molecule has 1 aromatic rings. The molecule has 2 aliphatic carbocycles. The predicted octanol–water partition coefficient (Wildman–Crippen LogP) is 2.94. The number of hydrogen-bond acceptors (Lipinski definition) is 2. The number of imidazole rings is 1. The molecule has 1 atom stereocenters. The van der Waals surface area contributed by atoms with Gasteiger partial charge in [-0.3, -0.25) is 0 Å². The summed E-state index contributed by atoms with van der Waals surface area (Å²) in [5, 5.41) is 0. The van der Waals surface area contributed by atoms with Gasteiger partial charge in [-0.1, -0.05) is 13.8 Å². The van der Waals surface area contributed by atoms with Crippen molar-refractivity contribution in [2.24, 2.45) is 23.5 Å². The fourth-order valence-corrected chi connectivity index (χ4v) is 3.30. The first-order chi connectivity index (χ1) is 8.72. The van der Waals surface area contributed by atoms with Gasteiger partial charge in [0.05, 0.1) is 6.33 Å². The van der Waals surface area contributed by atoms with Gasteiger partial charge in [-0.2, -0.15) is 0 Å². The first kappa shape index (κ1) is 12.2. The van der Waals surface area contributed by atoms with Crippen molar-refractivity contribution in [1.29, 1.82) is 0 Å². The molecule has 3 nitrogen and oxygen atoms in total. The molecule has 0 spiro atoms. The number of hydrogen-bond donors (Lipinski definition) is 1. The molecule has 0 bridgehead atoms. The van der Waals surface area contributed by atoms with Gasteiger partial charge in [-0.25, -0.2) is 4.98 Å². The summed E-state index contributed by atoms with van der Waals surface area (Å²) >= 11 is 0. The SMILES string of the molecule is CC(C)C(CN)c1cncn1C(C1CC1)C1CC1.